The standard InChI is InChI=1S/C23H24N2OS2/c1-15-12-16(2)14-18(13-15)24-23(27)25-10-8-21-20(9-11-28-21)22(25)17-4-6-19(26-3)7-5-17/h4-7,9,11-14,22H,8,10H2,1-3H3,(H,24,27). The van der Waals surface area contributed by atoms with Gasteiger partial charge in [0, 0.05) is 17.1 Å². The van der Waals surface area contributed by atoms with Crippen LogP contribution in [-0.2, 0) is 6.42 Å². The highest BCUT2D eigenvalue weighted by molar-refractivity contribution is 7.80. The van der Waals surface area contributed by atoms with Crippen molar-refractivity contribution in [2.45, 2.75) is 26.3 Å². The van der Waals surface area contributed by atoms with E-state index in [1.807, 2.05) is 23.5 Å². The first-order valence-electron chi connectivity index (χ1n) is 9.41. The van der Waals surface area contributed by atoms with E-state index >= 15 is 0 Å². The first-order valence-corrected chi connectivity index (χ1v) is 10.7. The number of thiocarbonyl (C=S) groups is 1. The summed E-state index contributed by atoms with van der Waals surface area (Å²) in [6.45, 7) is 5.13. The maximum Gasteiger partial charge on any atom is 0.174 e. The van der Waals surface area contributed by atoms with Gasteiger partial charge in [-0.3, -0.25) is 0 Å². The molecule has 0 aliphatic carbocycles. The zero-order valence-corrected chi connectivity index (χ0v) is 18.0. The van der Waals surface area contributed by atoms with Crippen molar-refractivity contribution in [3.8, 4) is 5.75 Å². The number of anilines is 1. The van der Waals surface area contributed by atoms with E-state index in [9.17, 15) is 0 Å². The third-order valence-electron chi connectivity index (χ3n) is 5.13. The summed E-state index contributed by atoms with van der Waals surface area (Å²) in [4.78, 5) is 3.76. The second kappa shape index (κ2) is 7.94. The van der Waals surface area contributed by atoms with Crippen LogP contribution in [0.1, 0.15) is 33.2 Å². The lowest BCUT2D eigenvalue weighted by Crippen LogP contribution is -2.42. The first kappa shape index (κ1) is 19.0. The summed E-state index contributed by atoms with van der Waals surface area (Å²) >= 11 is 7.70. The van der Waals surface area contributed by atoms with E-state index in [0.717, 1.165) is 29.5 Å². The molecule has 1 unspecified atom stereocenters. The molecule has 2 aromatic carbocycles. The summed E-state index contributed by atoms with van der Waals surface area (Å²) < 4.78 is 5.34. The van der Waals surface area contributed by atoms with Gasteiger partial charge in [-0.15, -0.1) is 11.3 Å². The fourth-order valence-electron chi connectivity index (χ4n) is 3.92. The maximum atomic E-state index is 5.86. The van der Waals surface area contributed by atoms with Crippen LogP contribution in [0.4, 0.5) is 5.69 Å². The number of fused-ring (bicyclic) bond motifs is 1. The van der Waals surface area contributed by atoms with Crippen molar-refractivity contribution in [2.75, 3.05) is 19.0 Å². The van der Waals surface area contributed by atoms with Gasteiger partial charge in [0.1, 0.15) is 5.75 Å². The summed E-state index contributed by atoms with van der Waals surface area (Å²) in [5, 5.41) is 6.43. The monoisotopic (exact) mass is 408 g/mol. The van der Waals surface area contributed by atoms with E-state index in [0.29, 0.717) is 0 Å². The smallest absolute Gasteiger partial charge is 0.174 e. The fourth-order valence-corrected chi connectivity index (χ4v) is 5.14. The van der Waals surface area contributed by atoms with Crippen LogP contribution in [0.2, 0.25) is 0 Å². The normalized spacial score (nSPS) is 15.8. The molecule has 1 atom stereocenters. The molecule has 3 aromatic rings. The van der Waals surface area contributed by atoms with Crippen LogP contribution in [0, 0.1) is 13.8 Å². The van der Waals surface area contributed by atoms with Crippen LogP contribution in [0.25, 0.3) is 0 Å². The van der Waals surface area contributed by atoms with E-state index < -0.39 is 0 Å². The minimum Gasteiger partial charge on any atom is -0.497 e. The van der Waals surface area contributed by atoms with Crippen molar-refractivity contribution in [1.82, 2.24) is 4.90 Å². The molecule has 0 saturated heterocycles. The number of benzene rings is 2. The summed E-state index contributed by atoms with van der Waals surface area (Å²) in [6, 6.07) is 17.1. The number of nitrogens with zero attached hydrogens (tertiary/aromatic N) is 1. The van der Waals surface area contributed by atoms with Gasteiger partial charge in [0.2, 0.25) is 0 Å². The second-order valence-electron chi connectivity index (χ2n) is 7.22. The van der Waals surface area contributed by atoms with Crippen LogP contribution in [0.3, 0.4) is 0 Å². The summed E-state index contributed by atoms with van der Waals surface area (Å²) in [5.41, 5.74) is 6.09. The number of hydrogen-bond acceptors (Lipinski definition) is 3. The number of rotatable bonds is 3. The third kappa shape index (κ3) is 3.77. The van der Waals surface area contributed by atoms with Crippen LogP contribution in [-0.4, -0.2) is 23.7 Å². The molecule has 0 radical (unpaired) electrons. The molecule has 0 fully saturated rings. The average molecular weight is 409 g/mol. The van der Waals surface area contributed by atoms with Gasteiger partial charge in [0.05, 0.1) is 13.2 Å². The molecule has 1 N–H and O–H groups in total. The molecule has 28 heavy (non-hydrogen) atoms. The van der Waals surface area contributed by atoms with Crippen LogP contribution in [0.5, 0.6) is 5.75 Å². The van der Waals surface area contributed by atoms with Gasteiger partial charge in [-0.1, -0.05) is 18.2 Å². The number of methoxy groups -OCH3 is 1. The van der Waals surface area contributed by atoms with Gasteiger partial charge < -0.3 is 15.0 Å². The molecule has 2 heterocycles. The Hall–Kier alpha value is -2.37. The molecule has 1 aliphatic rings. The van der Waals surface area contributed by atoms with Crippen molar-refractivity contribution in [2.24, 2.45) is 0 Å². The van der Waals surface area contributed by atoms with Crippen LogP contribution >= 0.6 is 23.6 Å². The SMILES string of the molecule is COc1ccc(C2c3ccsc3CCN2C(=S)Nc2cc(C)cc(C)c2)cc1. The molecule has 5 heteroatoms. The molecular formula is C23H24N2OS2. The minimum absolute atomic E-state index is 0.117. The summed E-state index contributed by atoms with van der Waals surface area (Å²) in [6.07, 6.45) is 1.02. The van der Waals surface area contributed by atoms with Gasteiger partial charge >= 0.3 is 0 Å². The fraction of sp³-hybridized carbons (Fsp3) is 0.261. The molecule has 0 spiro atoms. The van der Waals surface area contributed by atoms with Gasteiger partial charge in [-0.2, -0.15) is 0 Å². The highest BCUT2D eigenvalue weighted by Crippen LogP contribution is 2.38. The quantitative estimate of drug-likeness (QED) is 0.560. The topological polar surface area (TPSA) is 24.5 Å². The summed E-state index contributed by atoms with van der Waals surface area (Å²) in [5.74, 6) is 0.868. The van der Waals surface area contributed by atoms with Crippen molar-refractivity contribution in [3.05, 3.63) is 81.0 Å². The molecule has 0 saturated carbocycles. The molecule has 0 amide bonds. The highest BCUT2D eigenvalue weighted by Gasteiger charge is 2.31. The Kier molecular flexibility index (Phi) is 5.38. The Labute approximate surface area is 176 Å². The summed E-state index contributed by atoms with van der Waals surface area (Å²) in [7, 11) is 1.70. The van der Waals surface area contributed by atoms with Gasteiger partial charge in [-0.05, 0) is 90.5 Å². The molecule has 3 nitrogen and oxygen atoms in total. The van der Waals surface area contributed by atoms with Crippen LogP contribution in [0.15, 0.2) is 53.9 Å². The second-order valence-corrected chi connectivity index (χ2v) is 8.61. The number of hydrogen-bond donors (Lipinski definition) is 1. The number of ether oxygens (including phenoxy) is 1. The van der Waals surface area contributed by atoms with Crippen molar-refractivity contribution in [3.63, 3.8) is 0 Å². The third-order valence-corrected chi connectivity index (χ3v) is 6.46. The predicted octanol–water partition coefficient (Wildman–Crippen LogP) is 5.72. The molecule has 1 aliphatic heterocycles. The van der Waals surface area contributed by atoms with E-state index in [2.05, 4.69) is 65.8 Å². The number of thiophene rings is 1. The van der Waals surface area contributed by atoms with Crippen LogP contribution < -0.4 is 10.1 Å². The van der Waals surface area contributed by atoms with Gasteiger partial charge in [0.25, 0.3) is 0 Å². The zero-order chi connectivity index (χ0) is 19.7. The molecule has 0 bridgehead atoms. The zero-order valence-electron chi connectivity index (χ0n) is 16.4. The Bertz CT molecular complexity index is 974. The lowest BCUT2D eigenvalue weighted by molar-refractivity contribution is 0.346. The van der Waals surface area contributed by atoms with Crippen molar-refractivity contribution >= 4 is 34.4 Å². The van der Waals surface area contributed by atoms with Gasteiger partial charge in [0.15, 0.2) is 5.11 Å². The van der Waals surface area contributed by atoms with Crippen molar-refractivity contribution < 1.29 is 4.74 Å². The first-order chi connectivity index (χ1) is 13.5. The Balaban J connectivity index is 1.66. The molecule has 1 aromatic heterocycles. The van der Waals surface area contributed by atoms with E-state index in [-0.39, 0.29) is 6.04 Å². The lowest BCUT2D eigenvalue weighted by atomic mass is 9.93. The lowest BCUT2D eigenvalue weighted by Gasteiger charge is -2.38. The Morgan fingerprint density at radius 1 is 1.11 bits per heavy atom. The van der Waals surface area contributed by atoms with Crippen molar-refractivity contribution in [1.29, 1.82) is 0 Å². The predicted molar refractivity (Wildman–Crippen MR) is 122 cm³/mol. The van der Waals surface area contributed by atoms with E-state index in [1.54, 1.807) is 7.11 Å². The Morgan fingerprint density at radius 2 is 1.82 bits per heavy atom. The number of nitrogens with one attached hydrogen (secondary N) is 1. The molecule has 144 valence electrons. The Morgan fingerprint density at radius 3 is 2.50 bits per heavy atom. The number of aryl methyl sites for hydroxylation is 2. The van der Waals surface area contributed by atoms with E-state index in [4.69, 9.17) is 17.0 Å². The van der Waals surface area contributed by atoms with E-state index in [1.165, 1.54) is 27.1 Å². The minimum atomic E-state index is 0.117. The largest absolute Gasteiger partial charge is 0.497 e. The highest BCUT2D eigenvalue weighted by atomic mass is 32.1. The maximum absolute atomic E-state index is 5.86. The molecule has 4 rings (SSSR count). The van der Waals surface area contributed by atoms with Gasteiger partial charge in [-0.25, -0.2) is 0 Å². The molecular weight excluding hydrogens is 384 g/mol. The average Bonchev–Trinajstić information content (AvgIpc) is 3.15.